The highest BCUT2D eigenvalue weighted by Crippen LogP contribution is 2.68. The van der Waals surface area contributed by atoms with Crippen molar-refractivity contribution >= 4 is 17.3 Å². The Morgan fingerprint density at radius 3 is 2.40 bits per heavy atom. The predicted octanol–water partition coefficient (Wildman–Crippen LogP) is 2.70. The number of hydrogen-bond acceptors (Lipinski definition) is 9. The Labute approximate surface area is 249 Å². The molecule has 0 aromatic carbocycles. The number of fused-ring (bicyclic) bond motifs is 5. The van der Waals surface area contributed by atoms with Crippen LogP contribution in [0.15, 0.2) is 4.99 Å². The van der Waals surface area contributed by atoms with Crippen LogP contribution in [-0.2, 0) is 19.1 Å². The summed E-state index contributed by atoms with van der Waals surface area (Å²) in [7, 11) is 0. The lowest BCUT2D eigenvalue weighted by atomic mass is 9.44. The van der Waals surface area contributed by atoms with E-state index in [1.54, 1.807) is 0 Å². The molecule has 42 heavy (non-hydrogen) atoms. The first-order valence-electron chi connectivity index (χ1n) is 16.4. The van der Waals surface area contributed by atoms with Crippen molar-refractivity contribution in [1.29, 1.82) is 0 Å². The minimum Gasteiger partial charge on any atom is -0.394 e. The number of aliphatic hydroxyl groups excluding tert-OH is 4. The summed E-state index contributed by atoms with van der Waals surface area (Å²) < 4.78 is 11.7. The zero-order valence-electron chi connectivity index (χ0n) is 25.7. The van der Waals surface area contributed by atoms with E-state index in [0.29, 0.717) is 54.6 Å². The molecule has 0 amide bonds. The molecule has 4 saturated carbocycles. The lowest BCUT2D eigenvalue weighted by Crippen LogP contribution is -2.61. The van der Waals surface area contributed by atoms with Crippen molar-refractivity contribution in [3.8, 4) is 0 Å². The van der Waals surface area contributed by atoms with E-state index in [4.69, 9.17) is 14.5 Å². The molecule has 0 aromatic heterocycles. The largest absolute Gasteiger partial charge is 0.394 e. The molecular formula is C33H51NO8. The third-order valence-corrected chi connectivity index (χ3v) is 13.1. The lowest BCUT2D eigenvalue weighted by Gasteiger charge is -2.60. The van der Waals surface area contributed by atoms with Crippen LogP contribution in [0.3, 0.4) is 0 Å². The van der Waals surface area contributed by atoms with Crippen LogP contribution in [0.5, 0.6) is 0 Å². The number of rotatable bonds is 5. The summed E-state index contributed by atoms with van der Waals surface area (Å²) >= 11 is 0. The molecular weight excluding hydrogens is 538 g/mol. The van der Waals surface area contributed by atoms with Gasteiger partial charge in [-0.1, -0.05) is 27.7 Å². The van der Waals surface area contributed by atoms with Gasteiger partial charge >= 0.3 is 0 Å². The highest BCUT2D eigenvalue weighted by molar-refractivity contribution is 6.41. The van der Waals surface area contributed by atoms with E-state index < -0.39 is 37.3 Å². The summed E-state index contributed by atoms with van der Waals surface area (Å²) in [6.07, 6.45) is 0.907. The Kier molecular flexibility index (Phi) is 8.27. The summed E-state index contributed by atoms with van der Waals surface area (Å²) in [6, 6.07) is 0. The van der Waals surface area contributed by atoms with Gasteiger partial charge in [0.2, 0.25) is 0 Å². The summed E-state index contributed by atoms with van der Waals surface area (Å²) in [4.78, 5) is 31.6. The number of ether oxygens (including phenoxy) is 2. The molecule has 9 nitrogen and oxygen atoms in total. The van der Waals surface area contributed by atoms with Crippen molar-refractivity contribution in [3.05, 3.63) is 0 Å². The van der Waals surface area contributed by atoms with Gasteiger partial charge in [0.15, 0.2) is 12.1 Å². The van der Waals surface area contributed by atoms with Gasteiger partial charge in [0.1, 0.15) is 30.2 Å². The predicted molar refractivity (Wildman–Crippen MR) is 155 cm³/mol. The van der Waals surface area contributed by atoms with Crippen LogP contribution in [0.25, 0.3) is 0 Å². The third kappa shape index (κ3) is 4.85. The molecule has 15 atom stereocenters. The van der Waals surface area contributed by atoms with Crippen LogP contribution in [-0.4, -0.2) is 87.7 Å². The Bertz CT molecular complexity index is 1090. The molecule has 4 N–H and O–H groups in total. The fraction of sp³-hybridized carbons (Fsp3) is 0.909. The minimum absolute atomic E-state index is 0.110. The first kappa shape index (κ1) is 30.8. The average molecular weight is 590 g/mol. The second-order valence-electron chi connectivity index (χ2n) is 15.3. The molecule has 0 aromatic rings. The van der Waals surface area contributed by atoms with Crippen LogP contribution in [0.1, 0.15) is 85.5 Å². The summed E-state index contributed by atoms with van der Waals surface area (Å²) in [5, 5.41) is 40.3. The standard InChI is InChI=1S/C33H51NO8/c1-16-11-25(37)27(34-14-16)17(2)20-5-6-21-19-13-24(36)23-12-18(7-9-33(23,4)22(19)8-10-32(20,21)3)41-31-30(40)29(39)28(38)26(15-35)42-31/h16-23,26,28-31,35,38-40H,5-15H2,1-4H3/t16?,17-,18-,19-,20+,21-,22-,23+,26+,28+,29-,30+,31+,32+,33+/m0/s1. The maximum atomic E-state index is 13.9. The monoisotopic (exact) mass is 589 g/mol. The van der Waals surface area contributed by atoms with Gasteiger partial charge in [0.05, 0.1) is 18.4 Å². The number of hydrogen-bond donors (Lipinski definition) is 4. The quantitative estimate of drug-likeness (QED) is 0.358. The van der Waals surface area contributed by atoms with Crippen molar-refractivity contribution in [1.82, 2.24) is 0 Å². The molecule has 5 fully saturated rings. The van der Waals surface area contributed by atoms with Gasteiger partial charge < -0.3 is 29.9 Å². The minimum atomic E-state index is -1.48. The van der Waals surface area contributed by atoms with Crippen LogP contribution in [0, 0.1) is 52.3 Å². The van der Waals surface area contributed by atoms with Gasteiger partial charge in [-0.2, -0.15) is 0 Å². The maximum absolute atomic E-state index is 13.9. The normalized spacial score (nSPS) is 51.8. The maximum Gasteiger partial charge on any atom is 0.186 e. The van der Waals surface area contributed by atoms with Gasteiger partial charge in [0.25, 0.3) is 0 Å². The zero-order valence-corrected chi connectivity index (χ0v) is 25.7. The molecule has 2 heterocycles. The molecule has 6 rings (SSSR count). The molecule has 0 radical (unpaired) electrons. The highest BCUT2D eigenvalue weighted by Gasteiger charge is 2.63. The van der Waals surface area contributed by atoms with E-state index in [1.807, 2.05) is 0 Å². The molecule has 1 saturated heterocycles. The number of carbonyl (C=O) groups excluding carboxylic acids is 2. The molecule has 9 heteroatoms. The van der Waals surface area contributed by atoms with Crippen molar-refractivity contribution in [2.24, 2.45) is 57.2 Å². The molecule has 2 aliphatic heterocycles. The number of ketones is 2. The lowest BCUT2D eigenvalue weighted by molar-refractivity contribution is -0.315. The fourth-order valence-electron chi connectivity index (χ4n) is 10.8. The Hall–Kier alpha value is -1.23. The van der Waals surface area contributed by atoms with Gasteiger partial charge in [-0.05, 0) is 85.4 Å². The first-order chi connectivity index (χ1) is 19.9. The Balaban J connectivity index is 1.15. The summed E-state index contributed by atoms with van der Waals surface area (Å²) in [5.74, 6) is 2.63. The van der Waals surface area contributed by atoms with Crippen molar-refractivity contribution in [2.75, 3.05) is 13.2 Å². The summed E-state index contributed by atoms with van der Waals surface area (Å²) in [6.45, 7) is 9.31. The number of Topliss-reactive ketones (excluding diaryl/α,β-unsaturated/α-hetero) is 2. The zero-order chi connectivity index (χ0) is 30.1. The van der Waals surface area contributed by atoms with E-state index in [-0.39, 0.29) is 34.6 Å². The molecule has 1 unspecified atom stereocenters. The van der Waals surface area contributed by atoms with Crippen LogP contribution in [0.2, 0.25) is 0 Å². The summed E-state index contributed by atoms with van der Waals surface area (Å²) in [5.41, 5.74) is 0.811. The van der Waals surface area contributed by atoms with Gasteiger partial charge in [-0.25, -0.2) is 0 Å². The van der Waals surface area contributed by atoms with Gasteiger partial charge in [-0.15, -0.1) is 0 Å². The van der Waals surface area contributed by atoms with Crippen LogP contribution >= 0.6 is 0 Å². The van der Waals surface area contributed by atoms with E-state index in [1.165, 1.54) is 0 Å². The Morgan fingerprint density at radius 2 is 1.69 bits per heavy atom. The van der Waals surface area contributed by atoms with Gasteiger partial charge in [-0.3, -0.25) is 14.6 Å². The highest BCUT2D eigenvalue weighted by atomic mass is 16.7. The number of carbonyl (C=O) groups is 2. The van der Waals surface area contributed by atoms with Crippen molar-refractivity contribution in [2.45, 2.75) is 122 Å². The average Bonchev–Trinajstić information content (AvgIpc) is 3.31. The Morgan fingerprint density at radius 1 is 0.976 bits per heavy atom. The van der Waals surface area contributed by atoms with Crippen molar-refractivity contribution < 1.29 is 39.5 Å². The number of aliphatic imine (C=N–C) groups is 1. The first-order valence-corrected chi connectivity index (χ1v) is 16.4. The molecule has 4 aliphatic carbocycles. The van der Waals surface area contributed by atoms with E-state index in [0.717, 1.165) is 50.8 Å². The smallest absolute Gasteiger partial charge is 0.186 e. The van der Waals surface area contributed by atoms with E-state index in [9.17, 15) is 30.0 Å². The molecule has 236 valence electrons. The van der Waals surface area contributed by atoms with E-state index in [2.05, 4.69) is 27.7 Å². The fourth-order valence-corrected chi connectivity index (χ4v) is 10.8. The second kappa shape index (κ2) is 11.3. The van der Waals surface area contributed by atoms with Crippen LogP contribution < -0.4 is 0 Å². The van der Waals surface area contributed by atoms with E-state index >= 15 is 0 Å². The van der Waals surface area contributed by atoms with Crippen LogP contribution in [0.4, 0.5) is 0 Å². The number of aliphatic hydroxyl groups is 4. The molecule has 6 aliphatic rings. The number of nitrogens with zero attached hydrogens (tertiary/aromatic N) is 1. The van der Waals surface area contributed by atoms with Crippen molar-refractivity contribution in [3.63, 3.8) is 0 Å². The SMILES string of the molecule is CC1CN=C([C@@H](C)[C@H]2CC[C@H]3[C@@H]4CC(=O)[C@H]5C[C@@H](O[C@@H]6O[C@H](CO)[C@@H](O)[C@H](O)[C@H]6O)CC[C@]5(C)[C@H]4CC[C@]23C)C(=O)C1. The topological polar surface area (TPSA) is 146 Å². The molecule has 0 bridgehead atoms. The second-order valence-corrected chi connectivity index (χ2v) is 15.3. The molecule has 0 spiro atoms. The van der Waals surface area contributed by atoms with Gasteiger partial charge in [0, 0.05) is 31.2 Å². The third-order valence-electron chi connectivity index (χ3n) is 13.1.